The molecular weight excluding hydrogens is 577 g/mol. The van der Waals surface area contributed by atoms with Gasteiger partial charge in [0.1, 0.15) is 22.7 Å². The number of hydrogen-bond acceptors (Lipinski definition) is 5. The molecule has 2 aromatic heterocycles. The van der Waals surface area contributed by atoms with Crippen molar-refractivity contribution < 1.29 is 9.15 Å². The van der Waals surface area contributed by atoms with Crippen LogP contribution >= 0.6 is 0 Å². The van der Waals surface area contributed by atoms with Gasteiger partial charge in [-0.2, -0.15) is 0 Å². The fraction of sp³-hybridized carbons (Fsp3) is 0. The first-order valence-corrected chi connectivity index (χ1v) is 15.8. The Labute approximate surface area is 272 Å². The van der Waals surface area contributed by atoms with Gasteiger partial charge in [0.05, 0.1) is 11.9 Å². The molecule has 220 valence electrons. The number of rotatable bonds is 4. The zero-order chi connectivity index (χ0) is 30.9. The van der Waals surface area contributed by atoms with Gasteiger partial charge in [-0.3, -0.25) is 4.98 Å². The molecule has 5 nitrogen and oxygen atoms in total. The molecule has 2 aliphatic heterocycles. The highest BCUT2D eigenvalue weighted by Gasteiger charge is 2.41. The Bertz CT molecular complexity index is 2420. The molecule has 0 N–H and O–H groups in total. The number of aromatic nitrogens is 1. The Kier molecular flexibility index (Phi) is 5.60. The number of hydrogen-bond donors (Lipinski definition) is 0. The lowest BCUT2D eigenvalue weighted by Gasteiger charge is -2.39. The van der Waals surface area contributed by atoms with E-state index in [-0.39, 0.29) is 6.71 Å². The maximum absolute atomic E-state index is 6.74. The van der Waals surface area contributed by atoms with E-state index in [2.05, 4.69) is 148 Å². The summed E-state index contributed by atoms with van der Waals surface area (Å²) in [6.07, 6.45) is 3.68. The van der Waals surface area contributed by atoms with Crippen molar-refractivity contribution in [2.24, 2.45) is 0 Å². The number of benzene rings is 6. The van der Waals surface area contributed by atoms with Crippen molar-refractivity contribution in [3.63, 3.8) is 0 Å². The van der Waals surface area contributed by atoms with E-state index in [1.54, 1.807) is 6.20 Å². The van der Waals surface area contributed by atoms with Gasteiger partial charge in [0.2, 0.25) is 0 Å². The Morgan fingerprint density at radius 3 is 2.17 bits per heavy atom. The number of nitrogens with zero attached hydrogens (tertiary/aromatic N) is 3. The molecule has 0 amide bonds. The third-order valence-corrected chi connectivity index (χ3v) is 9.37. The molecule has 6 aromatic carbocycles. The quantitative estimate of drug-likeness (QED) is 0.188. The number of fused-ring (bicyclic) bond motifs is 7. The van der Waals surface area contributed by atoms with Crippen LogP contribution < -0.4 is 30.9 Å². The van der Waals surface area contributed by atoms with Crippen LogP contribution in [0.1, 0.15) is 0 Å². The Hall–Kier alpha value is -6.27. The van der Waals surface area contributed by atoms with Gasteiger partial charge in [0.25, 0.3) is 6.71 Å². The van der Waals surface area contributed by atoms with E-state index in [4.69, 9.17) is 9.15 Å². The first-order chi connectivity index (χ1) is 23.3. The van der Waals surface area contributed by atoms with Crippen molar-refractivity contribution in [1.82, 2.24) is 4.98 Å². The van der Waals surface area contributed by atoms with Gasteiger partial charge in [0.15, 0.2) is 0 Å². The van der Waals surface area contributed by atoms with Crippen molar-refractivity contribution in [3.05, 3.63) is 158 Å². The summed E-state index contributed by atoms with van der Waals surface area (Å²) < 4.78 is 13.4. The van der Waals surface area contributed by atoms with Crippen LogP contribution in [0.5, 0.6) is 11.5 Å². The molecule has 10 rings (SSSR count). The molecule has 6 heteroatoms. The van der Waals surface area contributed by atoms with Crippen LogP contribution in [-0.4, -0.2) is 11.7 Å². The topological polar surface area (TPSA) is 41.7 Å². The smallest absolute Gasteiger partial charge is 0.256 e. The molecule has 0 unspecified atom stereocenters. The van der Waals surface area contributed by atoms with Crippen LogP contribution in [0.4, 0.5) is 34.1 Å². The van der Waals surface area contributed by atoms with Crippen molar-refractivity contribution in [2.75, 3.05) is 9.80 Å². The Balaban J connectivity index is 1.15. The molecule has 47 heavy (non-hydrogen) atoms. The van der Waals surface area contributed by atoms with Gasteiger partial charge in [-0.05, 0) is 95.3 Å². The fourth-order valence-corrected chi connectivity index (χ4v) is 7.39. The largest absolute Gasteiger partial charge is 0.458 e. The maximum atomic E-state index is 6.74. The number of ether oxygens (including phenoxy) is 1. The van der Waals surface area contributed by atoms with Crippen molar-refractivity contribution in [1.29, 1.82) is 0 Å². The summed E-state index contributed by atoms with van der Waals surface area (Å²) >= 11 is 0. The number of furan rings is 1. The SMILES string of the molecule is c1ccc(N(c2cccnc2)c2ccc3c(c2)oc2cc4c(cc23)Oc2cccc3c2B4c2ccccc2N3c2ccccc2)cc1. The molecular formula is C41H26BN3O2. The summed E-state index contributed by atoms with van der Waals surface area (Å²) in [5.41, 5.74) is 11.6. The van der Waals surface area contributed by atoms with Crippen LogP contribution in [0.25, 0.3) is 21.9 Å². The third-order valence-electron chi connectivity index (χ3n) is 9.37. The van der Waals surface area contributed by atoms with Gasteiger partial charge >= 0.3 is 0 Å². The molecule has 4 heterocycles. The molecule has 0 saturated carbocycles. The van der Waals surface area contributed by atoms with E-state index in [0.717, 1.165) is 67.3 Å². The van der Waals surface area contributed by atoms with E-state index in [0.29, 0.717) is 0 Å². The van der Waals surface area contributed by atoms with Crippen LogP contribution in [-0.2, 0) is 0 Å². The van der Waals surface area contributed by atoms with Gasteiger partial charge in [-0.25, -0.2) is 0 Å². The zero-order valence-electron chi connectivity index (χ0n) is 25.2. The van der Waals surface area contributed by atoms with Crippen molar-refractivity contribution >= 4 is 79.2 Å². The normalized spacial score (nSPS) is 12.8. The van der Waals surface area contributed by atoms with Gasteiger partial charge in [0, 0.05) is 51.5 Å². The highest BCUT2D eigenvalue weighted by atomic mass is 16.5. The van der Waals surface area contributed by atoms with Gasteiger partial charge < -0.3 is 19.0 Å². The van der Waals surface area contributed by atoms with Crippen LogP contribution in [0.3, 0.4) is 0 Å². The molecule has 0 spiro atoms. The molecule has 0 atom stereocenters. The predicted octanol–water partition coefficient (Wildman–Crippen LogP) is 8.86. The second-order valence-corrected chi connectivity index (χ2v) is 12.0. The van der Waals surface area contributed by atoms with Crippen molar-refractivity contribution in [2.45, 2.75) is 0 Å². The average molecular weight is 603 g/mol. The van der Waals surface area contributed by atoms with E-state index < -0.39 is 0 Å². The lowest BCUT2D eigenvalue weighted by atomic mass is 9.34. The number of pyridine rings is 1. The van der Waals surface area contributed by atoms with E-state index in [9.17, 15) is 0 Å². The standard InChI is InChI=1S/C41H26BN3O2/c1-3-11-27(12-4-1)44(30-15-10-22-43-26-30)29-20-21-31-32-24-40-34(25-39(32)47-38(31)23-29)42-33-16-7-8-17-35(33)45(28-13-5-2-6-14-28)36-18-9-19-37(46-40)41(36)42/h1-26H. The number of para-hydroxylation sites is 3. The lowest BCUT2D eigenvalue weighted by molar-refractivity contribution is 0.488. The van der Waals surface area contributed by atoms with Crippen LogP contribution in [0.2, 0.25) is 0 Å². The second-order valence-electron chi connectivity index (χ2n) is 12.0. The molecule has 0 bridgehead atoms. The Morgan fingerprint density at radius 2 is 1.32 bits per heavy atom. The first-order valence-electron chi connectivity index (χ1n) is 15.8. The zero-order valence-corrected chi connectivity index (χ0v) is 25.2. The lowest BCUT2D eigenvalue weighted by Crippen LogP contribution is -2.59. The predicted molar refractivity (Wildman–Crippen MR) is 192 cm³/mol. The Morgan fingerprint density at radius 1 is 0.553 bits per heavy atom. The first kappa shape index (κ1) is 26.0. The van der Waals surface area contributed by atoms with Gasteiger partial charge in [-0.1, -0.05) is 60.7 Å². The minimum absolute atomic E-state index is 0.00781. The maximum Gasteiger partial charge on any atom is 0.256 e. The minimum Gasteiger partial charge on any atom is -0.458 e. The summed E-state index contributed by atoms with van der Waals surface area (Å²) in [5.74, 6) is 1.75. The van der Waals surface area contributed by atoms with Crippen LogP contribution in [0.15, 0.2) is 162 Å². The monoisotopic (exact) mass is 603 g/mol. The van der Waals surface area contributed by atoms with Crippen molar-refractivity contribution in [3.8, 4) is 11.5 Å². The summed E-state index contributed by atoms with van der Waals surface area (Å²) in [4.78, 5) is 8.94. The highest BCUT2D eigenvalue weighted by Crippen LogP contribution is 2.43. The summed E-state index contributed by atoms with van der Waals surface area (Å²) in [5, 5.41) is 2.08. The van der Waals surface area contributed by atoms with Gasteiger partial charge in [-0.15, -0.1) is 0 Å². The summed E-state index contributed by atoms with van der Waals surface area (Å²) in [7, 11) is 0. The summed E-state index contributed by atoms with van der Waals surface area (Å²) in [6.45, 7) is 0.00781. The average Bonchev–Trinajstić information content (AvgIpc) is 3.48. The third kappa shape index (κ3) is 3.95. The molecule has 0 saturated heterocycles. The molecule has 2 aliphatic rings. The van der Waals surface area contributed by atoms with E-state index in [1.165, 1.54) is 16.6 Å². The van der Waals surface area contributed by atoms with E-state index in [1.807, 2.05) is 18.3 Å². The molecule has 0 aliphatic carbocycles. The summed E-state index contributed by atoms with van der Waals surface area (Å²) in [6, 6.07) is 50.8. The highest BCUT2D eigenvalue weighted by molar-refractivity contribution is 6.99. The molecule has 8 aromatic rings. The van der Waals surface area contributed by atoms with Crippen LogP contribution in [0, 0.1) is 0 Å². The molecule has 0 radical (unpaired) electrons. The fourth-order valence-electron chi connectivity index (χ4n) is 7.39. The number of anilines is 6. The molecule has 0 fully saturated rings. The second kappa shape index (κ2) is 10.1. The van der Waals surface area contributed by atoms with E-state index >= 15 is 0 Å². The minimum atomic E-state index is 0.00781.